The van der Waals surface area contributed by atoms with Crippen LogP contribution in [0.4, 0.5) is 0 Å². The molecule has 0 fully saturated rings. The number of aromatic nitrogens is 10. The fourth-order valence-corrected chi connectivity index (χ4v) is 5.41. The number of nitrogens with one attached hydrogen (secondary N) is 5. The Morgan fingerprint density at radius 1 is 0.586 bits per heavy atom. The van der Waals surface area contributed by atoms with Crippen LogP contribution in [0.25, 0.3) is 55.2 Å². The lowest BCUT2D eigenvalue weighted by Gasteiger charge is -1.93. The van der Waals surface area contributed by atoms with Gasteiger partial charge in [-0.2, -0.15) is 0 Å². The third kappa shape index (κ3) is 10.7. The van der Waals surface area contributed by atoms with E-state index in [4.69, 9.17) is 15.4 Å². The van der Waals surface area contributed by atoms with Crippen molar-refractivity contribution in [3.8, 4) is 0 Å². The minimum absolute atomic E-state index is 0. The molecule has 5 heterocycles. The normalized spacial score (nSPS) is 10.4. The van der Waals surface area contributed by atoms with Crippen molar-refractivity contribution in [2.24, 2.45) is 5.16 Å². The third-order valence-corrected chi connectivity index (χ3v) is 8.34. The molecule has 0 saturated heterocycles. The van der Waals surface area contributed by atoms with Gasteiger partial charge in [-0.05, 0) is 83.9 Å². The second-order valence-corrected chi connectivity index (χ2v) is 12.1. The lowest BCUT2D eigenvalue weighted by molar-refractivity contribution is -0.386. The van der Waals surface area contributed by atoms with E-state index in [0.29, 0.717) is 5.56 Å². The fraction of sp³-hybridized carbons (Fsp3) is 0.0500. The number of quaternary nitrogens is 1. The van der Waals surface area contributed by atoms with Crippen molar-refractivity contribution < 1.29 is 43.2 Å². The number of carboxylic acid groups (broad SMARTS) is 1. The van der Waals surface area contributed by atoms with E-state index in [1.54, 1.807) is 49.6 Å². The summed E-state index contributed by atoms with van der Waals surface area (Å²) in [5.41, 5.74) is 16.9. The summed E-state index contributed by atoms with van der Waals surface area (Å²) >= 11 is 0. The molecule has 5 aromatic heterocycles. The summed E-state index contributed by atoms with van der Waals surface area (Å²) in [5.74, 6) is -0.925. The maximum absolute atomic E-state index is 10.5. The SMILES string of the molecule is O/N=C/c1ccc2nc[nH]c2c1.O=C(O)c1ccc2nc[nH]c2c1.O=Cc1ccc2nc[nH]c2c1.OCc1ccc2nc[nH]c2c1.[Cl-].[NH3+]Cc1ccc2nc[nH]c2c1. The number of hydrogen-bond donors (Lipinski definition) is 9. The van der Waals surface area contributed by atoms with Crippen LogP contribution in [0.15, 0.2) is 128 Å². The second kappa shape index (κ2) is 20.3. The highest BCUT2D eigenvalue weighted by molar-refractivity contribution is 5.92. The molecule has 17 nitrogen and oxygen atoms in total. The molecule has 0 radical (unpaired) electrons. The quantitative estimate of drug-likeness (QED) is 0.0530. The van der Waals surface area contributed by atoms with Crippen LogP contribution in [-0.4, -0.2) is 83.7 Å². The molecule has 0 aliphatic rings. The number of nitrogens with zero attached hydrogens (tertiary/aromatic N) is 6. The highest BCUT2D eigenvalue weighted by atomic mass is 35.5. The number of aliphatic hydroxyl groups excluding tert-OH is 1. The van der Waals surface area contributed by atoms with Gasteiger partial charge in [-0.25, -0.2) is 29.7 Å². The Morgan fingerprint density at radius 2 is 0.983 bits per heavy atom. The molecule has 0 unspecified atom stereocenters. The van der Waals surface area contributed by atoms with Gasteiger partial charge < -0.3 is 58.5 Å². The fourth-order valence-electron chi connectivity index (χ4n) is 5.41. The van der Waals surface area contributed by atoms with Gasteiger partial charge in [-0.3, -0.25) is 4.79 Å². The van der Waals surface area contributed by atoms with Gasteiger partial charge in [0, 0.05) is 11.1 Å². The topological polar surface area (TPSA) is 278 Å². The molecule has 11 N–H and O–H groups in total. The summed E-state index contributed by atoms with van der Waals surface area (Å²) in [6, 6.07) is 27.4. The number of hydrogen-bond acceptors (Lipinski definition) is 10. The standard InChI is InChI=1S/C8H7N3O.C8H9N3.C8H6N2O2.C8H8N2O.C8H6N2O.ClH/c12-11-4-6-1-2-7-8(3-6)10-5-9-7;9-4-6-1-2-7-8(3-6)11-5-10-7;11-8(12)5-1-2-6-7(3-5)10-4-9-6;2*11-4-6-1-2-7-8(3-6)10-5-9-7;/h1-5,12H,(H,9,10);1-3,5H,4,9H2,(H,10,11);1-4H,(H,9,10)(H,11,12);1-3,5,11H,4H2,(H,9,10);1-5H,(H,9,10);1H/b11-4+;;;;;. The van der Waals surface area contributed by atoms with Crippen molar-refractivity contribution in [2.45, 2.75) is 13.2 Å². The van der Waals surface area contributed by atoms with Crippen LogP contribution in [-0.2, 0) is 13.2 Å². The molecule has 0 saturated carbocycles. The molecule has 10 rings (SSSR count). The number of aliphatic hydroxyl groups is 1. The van der Waals surface area contributed by atoms with E-state index < -0.39 is 5.97 Å². The van der Waals surface area contributed by atoms with E-state index in [1.165, 1.54) is 24.2 Å². The molecule has 5 aromatic carbocycles. The van der Waals surface area contributed by atoms with Gasteiger partial charge in [0.05, 0.1) is 112 Å². The number of aromatic carboxylic acids is 1. The molecule has 18 heteroatoms. The molecule has 0 aliphatic heterocycles. The van der Waals surface area contributed by atoms with E-state index >= 15 is 0 Å². The predicted octanol–water partition coefficient (Wildman–Crippen LogP) is 2.37. The number of H-pyrrole nitrogens is 5. The number of benzene rings is 5. The number of fused-ring (bicyclic) bond motifs is 5. The Hall–Kier alpha value is -7.73. The summed E-state index contributed by atoms with van der Waals surface area (Å²) in [7, 11) is 0. The summed E-state index contributed by atoms with van der Waals surface area (Å²) in [4.78, 5) is 55.9. The summed E-state index contributed by atoms with van der Waals surface area (Å²) in [6.07, 6.45) is 10.3. The van der Waals surface area contributed by atoms with Crippen LogP contribution >= 0.6 is 0 Å². The van der Waals surface area contributed by atoms with Crippen LogP contribution in [0.2, 0.25) is 0 Å². The Kier molecular flexibility index (Phi) is 14.5. The Labute approximate surface area is 334 Å². The summed E-state index contributed by atoms with van der Waals surface area (Å²) in [6.45, 7) is 0.907. The van der Waals surface area contributed by atoms with Crippen LogP contribution in [0.3, 0.4) is 0 Å². The Bertz CT molecular complexity index is 2820. The first-order valence-electron chi connectivity index (χ1n) is 17.3. The van der Waals surface area contributed by atoms with E-state index in [1.807, 2.05) is 48.5 Å². The maximum Gasteiger partial charge on any atom is 0.335 e. The highest BCUT2D eigenvalue weighted by Crippen LogP contribution is 2.14. The zero-order valence-electron chi connectivity index (χ0n) is 30.5. The number of carbonyl (C=O) groups is 2. The van der Waals surface area contributed by atoms with Crippen molar-refractivity contribution in [1.82, 2.24) is 49.8 Å². The van der Waals surface area contributed by atoms with Gasteiger partial charge in [0.1, 0.15) is 6.29 Å². The largest absolute Gasteiger partial charge is 1.00 e. The first-order chi connectivity index (χ1) is 27.9. The molecule has 0 bridgehead atoms. The van der Waals surface area contributed by atoms with Crippen LogP contribution in [0.5, 0.6) is 0 Å². The number of aldehydes is 1. The number of carboxylic acids is 1. The zero-order chi connectivity index (χ0) is 40.0. The zero-order valence-corrected chi connectivity index (χ0v) is 31.3. The number of halogens is 1. The van der Waals surface area contributed by atoms with Gasteiger partial charge in [0.2, 0.25) is 0 Å². The van der Waals surface area contributed by atoms with Crippen LogP contribution < -0.4 is 18.1 Å². The van der Waals surface area contributed by atoms with Crippen molar-refractivity contribution in [3.05, 3.63) is 150 Å². The van der Waals surface area contributed by atoms with Gasteiger partial charge >= 0.3 is 5.97 Å². The van der Waals surface area contributed by atoms with Gasteiger partial charge in [-0.15, -0.1) is 0 Å². The monoisotopic (exact) mass is 800 g/mol. The molecule has 0 atom stereocenters. The smallest absolute Gasteiger partial charge is 0.335 e. The molecule has 58 heavy (non-hydrogen) atoms. The minimum Gasteiger partial charge on any atom is -1.00 e. The predicted molar refractivity (Wildman–Crippen MR) is 215 cm³/mol. The lowest BCUT2D eigenvalue weighted by Crippen LogP contribution is -3.00. The van der Waals surface area contributed by atoms with Gasteiger partial charge in [0.25, 0.3) is 0 Å². The number of aromatic amines is 5. The van der Waals surface area contributed by atoms with Crippen molar-refractivity contribution in [3.63, 3.8) is 0 Å². The first-order valence-corrected chi connectivity index (χ1v) is 17.3. The van der Waals surface area contributed by atoms with Crippen LogP contribution in [0.1, 0.15) is 37.4 Å². The Balaban J connectivity index is 0.000000138. The molecule has 0 amide bonds. The summed E-state index contributed by atoms with van der Waals surface area (Å²) in [5, 5.41) is 28.7. The second-order valence-electron chi connectivity index (χ2n) is 12.1. The van der Waals surface area contributed by atoms with Crippen molar-refractivity contribution in [1.29, 1.82) is 0 Å². The number of carbonyl (C=O) groups excluding carboxylic acids is 1. The lowest BCUT2D eigenvalue weighted by atomic mass is 10.2. The number of rotatable bonds is 5. The molecule has 0 aliphatic carbocycles. The van der Waals surface area contributed by atoms with Crippen molar-refractivity contribution in [2.75, 3.05) is 0 Å². The maximum atomic E-state index is 10.5. The Morgan fingerprint density at radius 3 is 1.43 bits per heavy atom. The van der Waals surface area contributed by atoms with E-state index in [0.717, 1.165) is 79.1 Å². The molecular weight excluding hydrogens is 764 g/mol. The molecule has 294 valence electrons. The average Bonchev–Trinajstić information content (AvgIpc) is 4.11. The molecular formula is C40H37ClN12O5. The summed E-state index contributed by atoms with van der Waals surface area (Å²) < 4.78 is 0. The number of imidazole rings is 5. The average molecular weight is 801 g/mol. The highest BCUT2D eigenvalue weighted by Gasteiger charge is 2.04. The third-order valence-electron chi connectivity index (χ3n) is 8.34. The number of oxime groups is 1. The first kappa shape index (κ1) is 41.4. The molecule has 0 spiro atoms. The van der Waals surface area contributed by atoms with Crippen molar-refractivity contribution >= 4 is 73.6 Å². The van der Waals surface area contributed by atoms with Crippen LogP contribution in [0, 0.1) is 0 Å². The van der Waals surface area contributed by atoms with Gasteiger partial charge in [0.15, 0.2) is 0 Å². The van der Waals surface area contributed by atoms with E-state index in [-0.39, 0.29) is 24.6 Å². The van der Waals surface area contributed by atoms with Gasteiger partial charge in [-0.1, -0.05) is 23.4 Å². The minimum atomic E-state index is -0.925. The van der Waals surface area contributed by atoms with E-state index in [2.05, 4.69) is 72.9 Å². The van der Waals surface area contributed by atoms with E-state index in [9.17, 15) is 9.59 Å². The molecule has 10 aromatic rings.